The first-order chi connectivity index (χ1) is 10.8. The Morgan fingerprint density at radius 2 is 2.23 bits per heavy atom. The zero-order valence-electron chi connectivity index (χ0n) is 12.8. The second-order valence-electron chi connectivity index (χ2n) is 6.11. The van der Waals surface area contributed by atoms with Gasteiger partial charge in [-0.1, -0.05) is 6.07 Å². The smallest absolute Gasteiger partial charge is 0.119 e. The molecule has 2 aromatic rings. The van der Waals surface area contributed by atoms with E-state index in [0.717, 1.165) is 49.6 Å². The lowest BCUT2D eigenvalue weighted by Gasteiger charge is -2.40. The topological polar surface area (TPSA) is 25.6 Å². The van der Waals surface area contributed by atoms with Gasteiger partial charge in [-0.25, -0.2) is 0 Å². The van der Waals surface area contributed by atoms with Gasteiger partial charge >= 0.3 is 0 Å². The average molecular weight is 318 g/mol. The number of rotatable bonds is 3. The summed E-state index contributed by atoms with van der Waals surface area (Å²) in [5.41, 5.74) is 4.18. The van der Waals surface area contributed by atoms with E-state index in [1.165, 1.54) is 16.7 Å². The van der Waals surface area contributed by atoms with Gasteiger partial charge in [0.25, 0.3) is 0 Å². The molecule has 3 nitrogen and oxygen atoms in total. The van der Waals surface area contributed by atoms with Crippen molar-refractivity contribution < 1.29 is 9.15 Å². The fourth-order valence-electron chi connectivity index (χ4n) is 3.74. The second-order valence-corrected chi connectivity index (χ2v) is 6.48. The van der Waals surface area contributed by atoms with Crippen molar-refractivity contribution >= 4 is 11.6 Å². The Morgan fingerprint density at radius 3 is 3.05 bits per heavy atom. The molecule has 1 aromatic heterocycles. The lowest BCUT2D eigenvalue weighted by atomic mass is 9.86. The molecule has 0 radical (unpaired) electrons. The third kappa shape index (κ3) is 2.33. The average Bonchev–Trinajstić information content (AvgIpc) is 2.93. The third-order valence-corrected chi connectivity index (χ3v) is 5.05. The summed E-state index contributed by atoms with van der Waals surface area (Å²) in [4.78, 5) is 2.57. The molecule has 1 aromatic carbocycles. The van der Waals surface area contributed by atoms with E-state index >= 15 is 0 Å². The van der Waals surface area contributed by atoms with Gasteiger partial charge < -0.3 is 9.15 Å². The molecule has 0 fully saturated rings. The summed E-state index contributed by atoms with van der Waals surface area (Å²) in [5.74, 6) is 3.73. The van der Waals surface area contributed by atoms with Crippen LogP contribution in [-0.2, 0) is 25.8 Å². The number of hydrogen-bond acceptors (Lipinski definition) is 3. The van der Waals surface area contributed by atoms with E-state index < -0.39 is 0 Å². The minimum Gasteiger partial charge on any atom is -0.497 e. The normalized spacial score (nSPS) is 20.2. The van der Waals surface area contributed by atoms with Crippen molar-refractivity contribution in [1.82, 2.24) is 4.90 Å². The molecule has 1 atom stereocenters. The molecule has 0 bridgehead atoms. The van der Waals surface area contributed by atoms with E-state index in [2.05, 4.69) is 29.2 Å². The Labute approximate surface area is 135 Å². The SMILES string of the molecule is COc1ccc2c(c1)CCN1Cc3cc(CCCl)oc3CC21. The molecule has 0 amide bonds. The predicted molar refractivity (Wildman–Crippen MR) is 86.7 cm³/mol. The first kappa shape index (κ1) is 14.2. The van der Waals surface area contributed by atoms with Gasteiger partial charge in [0.1, 0.15) is 17.3 Å². The maximum Gasteiger partial charge on any atom is 0.119 e. The number of aryl methyl sites for hydroxylation is 1. The number of nitrogens with zero attached hydrogens (tertiary/aromatic N) is 1. The highest BCUT2D eigenvalue weighted by atomic mass is 35.5. The Hall–Kier alpha value is -1.45. The molecule has 0 aliphatic carbocycles. The largest absolute Gasteiger partial charge is 0.497 e. The molecule has 2 aliphatic heterocycles. The van der Waals surface area contributed by atoms with Crippen molar-refractivity contribution in [2.75, 3.05) is 19.5 Å². The minimum atomic E-state index is 0.428. The number of halogens is 1. The lowest BCUT2D eigenvalue weighted by molar-refractivity contribution is 0.151. The lowest BCUT2D eigenvalue weighted by Crippen LogP contribution is -2.38. The molecule has 116 valence electrons. The molecular weight excluding hydrogens is 298 g/mol. The summed E-state index contributed by atoms with van der Waals surface area (Å²) in [5, 5.41) is 0. The van der Waals surface area contributed by atoms with Crippen LogP contribution in [0.15, 0.2) is 28.7 Å². The molecule has 0 saturated heterocycles. The highest BCUT2D eigenvalue weighted by Gasteiger charge is 2.34. The fraction of sp³-hybridized carbons (Fsp3) is 0.444. The van der Waals surface area contributed by atoms with Crippen LogP contribution in [0.1, 0.15) is 34.3 Å². The molecule has 22 heavy (non-hydrogen) atoms. The van der Waals surface area contributed by atoms with Crippen LogP contribution in [0.5, 0.6) is 5.75 Å². The predicted octanol–water partition coefficient (Wildman–Crippen LogP) is 3.73. The molecule has 1 unspecified atom stereocenters. The Balaban J connectivity index is 1.66. The van der Waals surface area contributed by atoms with Crippen molar-refractivity contribution in [2.24, 2.45) is 0 Å². The van der Waals surface area contributed by atoms with Crippen molar-refractivity contribution in [3.05, 3.63) is 52.5 Å². The third-order valence-electron chi connectivity index (χ3n) is 4.86. The zero-order chi connectivity index (χ0) is 15.1. The summed E-state index contributed by atoms with van der Waals surface area (Å²) in [6, 6.07) is 9.09. The van der Waals surface area contributed by atoms with Crippen LogP contribution >= 0.6 is 11.6 Å². The number of methoxy groups -OCH3 is 1. The molecule has 3 heterocycles. The molecule has 0 N–H and O–H groups in total. The quantitative estimate of drug-likeness (QED) is 0.807. The Morgan fingerprint density at radius 1 is 1.32 bits per heavy atom. The molecule has 0 spiro atoms. The van der Waals surface area contributed by atoms with Crippen molar-refractivity contribution in [1.29, 1.82) is 0 Å². The fourth-order valence-corrected chi connectivity index (χ4v) is 3.93. The summed E-state index contributed by atoms with van der Waals surface area (Å²) in [6.45, 7) is 2.08. The standard InChI is InChI=1S/C18H20ClNO2/c1-21-14-2-3-16-12(8-14)5-7-20-11-13-9-15(4-6-19)22-18(13)10-17(16)20/h2-3,8-9,17H,4-7,10-11H2,1H3. The summed E-state index contributed by atoms with van der Waals surface area (Å²) in [7, 11) is 1.73. The maximum atomic E-state index is 6.02. The van der Waals surface area contributed by atoms with E-state index in [4.69, 9.17) is 20.8 Å². The van der Waals surface area contributed by atoms with E-state index in [1.807, 2.05) is 0 Å². The number of alkyl halides is 1. The Bertz CT molecular complexity index is 694. The van der Waals surface area contributed by atoms with E-state index in [9.17, 15) is 0 Å². The first-order valence-corrected chi connectivity index (χ1v) is 8.39. The zero-order valence-corrected chi connectivity index (χ0v) is 13.5. The highest BCUT2D eigenvalue weighted by Crippen LogP contribution is 2.40. The van der Waals surface area contributed by atoms with Gasteiger partial charge in [0.15, 0.2) is 0 Å². The van der Waals surface area contributed by atoms with Crippen molar-refractivity contribution in [2.45, 2.75) is 31.8 Å². The van der Waals surface area contributed by atoms with Crippen LogP contribution in [0.3, 0.4) is 0 Å². The van der Waals surface area contributed by atoms with Gasteiger partial charge in [0.05, 0.1) is 7.11 Å². The van der Waals surface area contributed by atoms with Crippen LogP contribution in [-0.4, -0.2) is 24.4 Å². The maximum absolute atomic E-state index is 6.02. The van der Waals surface area contributed by atoms with E-state index in [0.29, 0.717) is 11.9 Å². The number of hydrogen-bond donors (Lipinski definition) is 0. The monoisotopic (exact) mass is 317 g/mol. The second kappa shape index (κ2) is 5.64. The van der Waals surface area contributed by atoms with Gasteiger partial charge in [-0.15, -0.1) is 11.6 Å². The van der Waals surface area contributed by atoms with Crippen molar-refractivity contribution in [3.63, 3.8) is 0 Å². The molecular formula is C18H20ClNO2. The van der Waals surface area contributed by atoms with Crippen LogP contribution in [0, 0.1) is 0 Å². The number of ether oxygens (including phenoxy) is 1. The molecule has 0 saturated carbocycles. The first-order valence-electron chi connectivity index (χ1n) is 7.86. The van der Waals surface area contributed by atoms with Crippen LogP contribution < -0.4 is 4.74 Å². The minimum absolute atomic E-state index is 0.428. The number of fused-ring (bicyclic) bond motifs is 4. The van der Waals surface area contributed by atoms with E-state index in [1.54, 1.807) is 7.11 Å². The summed E-state index contributed by atoms with van der Waals surface area (Å²) >= 11 is 5.83. The van der Waals surface area contributed by atoms with E-state index in [-0.39, 0.29) is 0 Å². The summed E-state index contributed by atoms with van der Waals surface area (Å²) in [6.07, 6.45) is 2.86. The van der Waals surface area contributed by atoms with Crippen LogP contribution in [0.2, 0.25) is 0 Å². The van der Waals surface area contributed by atoms with Gasteiger partial charge in [0, 0.05) is 43.4 Å². The Kier molecular flexibility index (Phi) is 3.63. The molecule has 4 rings (SSSR count). The molecule has 4 heteroatoms. The molecule has 2 aliphatic rings. The van der Waals surface area contributed by atoms with Gasteiger partial charge in [0.2, 0.25) is 0 Å². The van der Waals surface area contributed by atoms with Crippen LogP contribution in [0.4, 0.5) is 0 Å². The number of benzene rings is 1. The van der Waals surface area contributed by atoms with Gasteiger partial charge in [-0.2, -0.15) is 0 Å². The highest BCUT2D eigenvalue weighted by molar-refractivity contribution is 6.17. The van der Waals surface area contributed by atoms with Gasteiger partial charge in [-0.3, -0.25) is 4.90 Å². The van der Waals surface area contributed by atoms with Crippen LogP contribution in [0.25, 0.3) is 0 Å². The van der Waals surface area contributed by atoms with Crippen molar-refractivity contribution in [3.8, 4) is 5.75 Å². The van der Waals surface area contributed by atoms with Gasteiger partial charge in [-0.05, 0) is 35.7 Å². The number of furan rings is 1. The summed E-state index contributed by atoms with van der Waals surface area (Å²) < 4.78 is 11.4.